The van der Waals surface area contributed by atoms with Gasteiger partial charge in [0, 0.05) is 57.4 Å². The lowest BCUT2D eigenvalue weighted by Gasteiger charge is -2.24. The smallest absolute Gasteiger partial charge is 0.191 e. The molecule has 1 aromatic heterocycles. The second kappa shape index (κ2) is 11.5. The number of nitrogens with one attached hydrogen (secondary N) is 2. The van der Waals surface area contributed by atoms with Crippen LogP contribution in [0.5, 0.6) is 0 Å². The molecule has 0 spiro atoms. The van der Waals surface area contributed by atoms with E-state index in [0.717, 1.165) is 70.5 Å². The molecule has 3 rings (SSSR count). The zero-order chi connectivity index (χ0) is 20.3. The molecule has 0 saturated carbocycles. The van der Waals surface area contributed by atoms with Crippen molar-refractivity contribution in [2.45, 2.75) is 26.7 Å². The number of benzene rings is 1. The van der Waals surface area contributed by atoms with Crippen LogP contribution >= 0.6 is 0 Å². The minimum Gasteiger partial charge on any atom is -0.469 e. The Balaban J connectivity index is 1.50. The molecule has 158 valence electrons. The normalized spacial score (nSPS) is 16.8. The predicted octanol–water partition coefficient (Wildman–Crippen LogP) is 3.23. The Hall–Kier alpha value is -2.47. The molecule has 1 unspecified atom stereocenters. The topological polar surface area (TPSA) is 62.0 Å². The first kappa shape index (κ1) is 21.2. The van der Waals surface area contributed by atoms with Gasteiger partial charge in [0.15, 0.2) is 5.96 Å². The van der Waals surface area contributed by atoms with Crippen molar-refractivity contribution < 1.29 is 9.15 Å². The third-order valence-corrected chi connectivity index (χ3v) is 5.20. The van der Waals surface area contributed by atoms with Crippen LogP contribution in [0.25, 0.3) is 0 Å². The van der Waals surface area contributed by atoms with Crippen molar-refractivity contribution in [1.82, 2.24) is 10.6 Å². The molecule has 6 nitrogen and oxygen atoms in total. The maximum atomic E-state index is 5.48. The van der Waals surface area contributed by atoms with E-state index in [9.17, 15) is 0 Å². The highest BCUT2D eigenvalue weighted by molar-refractivity contribution is 5.79. The second-order valence-electron chi connectivity index (χ2n) is 7.52. The van der Waals surface area contributed by atoms with Gasteiger partial charge in [-0.3, -0.25) is 4.99 Å². The van der Waals surface area contributed by atoms with Gasteiger partial charge in [-0.2, -0.15) is 0 Å². The number of ether oxygens (including phenoxy) is 1. The van der Waals surface area contributed by atoms with E-state index in [1.54, 1.807) is 6.26 Å². The lowest BCUT2D eigenvalue weighted by Crippen LogP contribution is -2.42. The van der Waals surface area contributed by atoms with Crippen LogP contribution in [-0.2, 0) is 11.2 Å². The van der Waals surface area contributed by atoms with Gasteiger partial charge >= 0.3 is 0 Å². The van der Waals surface area contributed by atoms with Gasteiger partial charge in [0.1, 0.15) is 5.76 Å². The maximum absolute atomic E-state index is 5.48. The number of hydrogen-bond donors (Lipinski definition) is 2. The molecular formula is C23H34N4O2. The fraction of sp³-hybridized carbons (Fsp3) is 0.522. The largest absolute Gasteiger partial charge is 0.469 e. The highest BCUT2D eigenvalue weighted by atomic mass is 16.5. The van der Waals surface area contributed by atoms with Crippen molar-refractivity contribution in [3.05, 3.63) is 54.0 Å². The first-order valence-electron chi connectivity index (χ1n) is 10.7. The molecule has 1 saturated heterocycles. The van der Waals surface area contributed by atoms with Gasteiger partial charge in [-0.1, -0.05) is 12.1 Å². The Bertz CT molecular complexity index is 739. The summed E-state index contributed by atoms with van der Waals surface area (Å²) in [5, 5.41) is 6.94. The quantitative estimate of drug-likeness (QED) is 0.475. The minimum atomic E-state index is 0.526. The molecule has 0 amide bonds. The molecule has 29 heavy (non-hydrogen) atoms. The number of rotatable bonds is 10. The number of aliphatic imine (C=N–C) groups is 1. The molecule has 0 aliphatic carbocycles. The van der Waals surface area contributed by atoms with Crippen molar-refractivity contribution in [2.24, 2.45) is 10.9 Å². The molecule has 1 atom stereocenters. The summed E-state index contributed by atoms with van der Waals surface area (Å²) in [6.45, 7) is 10.3. The van der Waals surface area contributed by atoms with E-state index >= 15 is 0 Å². The van der Waals surface area contributed by atoms with Crippen molar-refractivity contribution in [3.63, 3.8) is 0 Å². The summed E-state index contributed by atoms with van der Waals surface area (Å²) >= 11 is 0. The molecule has 2 aromatic rings. The van der Waals surface area contributed by atoms with Crippen LogP contribution in [-0.4, -0.2) is 51.9 Å². The van der Waals surface area contributed by atoms with Crippen LogP contribution in [0.15, 0.2) is 52.1 Å². The standard InChI is InChI=1S/C23H34N4O2/c1-3-27(21-7-4-6-19(2)16-21)13-12-25-23(26-17-20-10-15-28-18-20)24-11-9-22-8-5-14-29-22/h4-8,14,16,20H,3,9-13,15,17-18H2,1-2H3,(H2,24,25,26). The summed E-state index contributed by atoms with van der Waals surface area (Å²) in [4.78, 5) is 7.18. The van der Waals surface area contributed by atoms with Gasteiger partial charge < -0.3 is 24.7 Å². The average molecular weight is 399 g/mol. The van der Waals surface area contributed by atoms with Crippen LogP contribution in [0.2, 0.25) is 0 Å². The summed E-state index contributed by atoms with van der Waals surface area (Å²) in [5.74, 6) is 2.37. The second-order valence-corrected chi connectivity index (χ2v) is 7.52. The van der Waals surface area contributed by atoms with E-state index in [1.807, 2.05) is 12.1 Å². The third-order valence-electron chi connectivity index (χ3n) is 5.20. The van der Waals surface area contributed by atoms with E-state index in [4.69, 9.17) is 14.1 Å². The number of aryl methyl sites for hydroxylation is 1. The van der Waals surface area contributed by atoms with Crippen molar-refractivity contribution in [2.75, 3.05) is 50.8 Å². The summed E-state index contributed by atoms with van der Waals surface area (Å²) < 4.78 is 10.9. The van der Waals surface area contributed by atoms with Gasteiger partial charge in [-0.05, 0) is 50.1 Å². The van der Waals surface area contributed by atoms with E-state index in [-0.39, 0.29) is 0 Å². The van der Waals surface area contributed by atoms with E-state index < -0.39 is 0 Å². The number of nitrogens with zero attached hydrogens (tertiary/aromatic N) is 2. The molecule has 0 radical (unpaired) electrons. The lowest BCUT2D eigenvalue weighted by molar-refractivity contribution is 0.187. The minimum absolute atomic E-state index is 0.526. The summed E-state index contributed by atoms with van der Waals surface area (Å²) in [5.41, 5.74) is 2.55. The van der Waals surface area contributed by atoms with Crippen molar-refractivity contribution >= 4 is 11.6 Å². The van der Waals surface area contributed by atoms with Gasteiger partial charge in [-0.15, -0.1) is 0 Å². The van der Waals surface area contributed by atoms with Crippen LogP contribution in [0.3, 0.4) is 0 Å². The third kappa shape index (κ3) is 7.13. The summed E-state index contributed by atoms with van der Waals surface area (Å²) in [6, 6.07) is 12.6. The number of likely N-dealkylation sites (N-methyl/N-ethyl adjacent to an activating group) is 1. The Morgan fingerprint density at radius 1 is 1.21 bits per heavy atom. The molecule has 1 aliphatic heterocycles. The van der Waals surface area contributed by atoms with Crippen molar-refractivity contribution in [3.8, 4) is 0 Å². The first-order chi connectivity index (χ1) is 14.2. The molecule has 1 aliphatic rings. The van der Waals surface area contributed by atoms with Gasteiger partial charge in [-0.25, -0.2) is 0 Å². The Morgan fingerprint density at radius 2 is 2.10 bits per heavy atom. The van der Waals surface area contributed by atoms with Crippen LogP contribution in [0, 0.1) is 12.8 Å². The highest BCUT2D eigenvalue weighted by Gasteiger charge is 2.15. The van der Waals surface area contributed by atoms with Crippen LogP contribution in [0.4, 0.5) is 5.69 Å². The molecule has 2 N–H and O–H groups in total. The monoisotopic (exact) mass is 398 g/mol. The zero-order valence-electron chi connectivity index (χ0n) is 17.7. The molecule has 6 heteroatoms. The average Bonchev–Trinajstić information content (AvgIpc) is 3.43. The summed E-state index contributed by atoms with van der Waals surface area (Å²) in [7, 11) is 0. The number of guanidine groups is 1. The van der Waals surface area contributed by atoms with E-state index in [0.29, 0.717) is 5.92 Å². The molecule has 1 fully saturated rings. The lowest BCUT2D eigenvalue weighted by atomic mass is 10.1. The fourth-order valence-corrected chi connectivity index (χ4v) is 3.48. The zero-order valence-corrected chi connectivity index (χ0v) is 17.7. The van der Waals surface area contributed by atoms with Gasteiger partial charge in [0.05, 0.1) is 12.9 Å². The SMILES string of the molecule is CCN(CCNC(=NCC1CCOC1)NCCc1ccco1)c1cccc(C)c1. The van der Waals surface area contributed by atoms with Crippen molar-refractivity contribution in [1.29, 1.82) is 0 Å². The van der Waals surface area contributed by atoms with Crippen LogP contribution < -0.4 is 15.5 Å². The maximum Gasteiger partial charge on any atom is 0.191 e. The van der Waals surface area contributed by atoms with E-state index in [2.05, 4.69) is 53.6 Å². The van der Waals surface area contributed by atoms with Crippen LogP contribution in [0.1, 0.15) is 24.7 Å². The Morgan fingerprint density at radius 3 is 2.83 bits per heavy atom. The molecule has 2 heterocycles. The highest BCUT2D eigenvalue weighted by Crippen LogP contribution is 2.15. The number of hydrogen-bond acceptors (Lipinski definition) is 4. The summed E-state index contributed by atoms with van der Waals surface area (Å²) in [6.07, 6.45) is 3.65. The number of anilines is 1. The number of furan rings is 1. The van der Waals surface area contributed by atoms with E-state index in [1.165, 1.54) is 11.3 Å². The van der Waals surface area contributed by atoms with Gasteiger partial charge in [0.25, 0.3) is 0 Å². The molecule has 1 aromatic carbocycles. The fourth-order valence-electron chi connectivity index (χ4n) is 3.48. The Labute approximate surface area is 174 Å². The van der Waals surface area contributed by atoms with Gasteiger partial charge in [0.2, 0.25) is 0 Å². The molecular weight excluding hydrogens is 364 g/mol. The first-order valence-corrected chi connectivity index (χ1v) is 10.7. The molecule has 0 bridgehead atoms. The predicted molar refractivity (Wildman–Crippen MR) is 119 cm³/mol. The Kier molecular flexibility index (Phi) is 8.43.